The highest BCUT2D eigenvalue weighted by Crippen LogP contribution is 2.33. The Hall–Kier alpha value is -7.65. The molecule has 3 saturated heterocycles. The molecule has 0 bridgehead atoms. The molecule has 8 rings (SSSR count). The number of nitrogens with two attached hydrogens (primary N) is 2. The number of phenolic OH excluding ortho intramolecular Hbond substituents is 1. The Labute approximate surface area is 565 Å². The van der Waals surface area contributed by atoms with Crippen LogP contribution in [0.1, 0.15) is 68.8 Å². The molecule has 1 aromatic heterocycles. The van der Waals surface area contributed by atoms with Crippen LogP contribution < -0.4 is 47.5 Å². The van der Waals surface area contributed by atoms with Crippen molar-refractivity contribution in [3.05, 3.63) is 102 Å². The van der Waals surface area contributed by atoms with E-state index >= 15 is 0 Å². The number of nitrogens with zero attached hydrogens (tertiary/aromatic N) is 4. The zero-order chi connectivity index (χ0) is 67.0. The van der Waals surface area contributed by atoms with Crippen molar-refractivity contribution in [2.75, 3.05) is 59.2 Å². The molecule has 3 fully saturated rings. The molecule has 4 heterocycles. The van der Waals surface area contributed by atoms with Crippen molar-refractivity contribution in [1.29, 1.82) is 0 Å². The predicted molar refractivity (Wildman–Crippen MR) is 353 cm³/mol. The van der Waals surface area contributed by atoms with Crippen LogP contribution in [0, 0.1) is 5.92 Å². The minimum absolute atomic E-state index is 0. The molecule has 7 amide bonds. The summed E-state index contributed by atoms with van der Waals surface area (Å²) in [5.41, 5.74) is 15.1. The van der Waals surface area contributed by atoms with E-state index in [9.17, 15) is 69.3 Å². The lowest BCUT2D eigenvalue weighted by molar-refractivity contribution is -0.147. The molecule has 0 saturated carbocycles. The van der Waals surface area contributed by atoms with Gasteiger partial charge in [0.15, 0.2) is 11.5 Å². The standard InChI is InChI=1S/C64H83N11O17S.2ClH/c1-4-90-24-6-26-91-44-18-16-38(17-19-44)37-8-12-40(13-9-37)61-72-73-62(93-61)41-14-10-39(11-15-41)56(83)68-45-29-42(77)31-67-60(87)54-55(82)34(2)32-75(54)64(89)53(48(80)21-23-66)71-59(86)52(49(81)27-36-7-20-47(79)50(28-36)92-25-5-22-65)70-58(85)46-30-43(78)33-74(46)63(88)51(35(3)76)69-57(45)84;;/h7-20,28,34-35,42-43,45-46,48-49,51-55,76-82H,4-6,21-27,29-33,65-66H2,1-3H3,(H,67,87)(H,68,83)(H,69,84)(H,70,85)(H,71,86);2*1H/t34-,35+,42+,43+,45-,46-,48+,49+,51-,52-,53-,54-,55-;;/m0../s1. The van der Waals surface area contributed by atoms with Gasteiger partial charge in [0.2, 0.25) is 35.4 Å². The number of phenols is 1. The lowest BCUT2D eigenvalue weighted by Crippen LogP contribution is -2.64. The fraction of sp³-hybridized carbons (Fsp3) is 0.484. The van der Waals surface area contributed by atoms with E-state index in [1.807, 2.05) is 55.5 Å². The number of aromatic hydroxyl groups is 1. The number of aromatic nitrogens is 2. The Kier molecular flexibility index (Phi) is 28.9. The van der Waals surface area contributed by atoms with Crippen LogP contribution in [0.4, 0.5) is 0 Å². The van der Waals surface area contributed by atoms with E-state index in [4.69, 9.17) is 25.7 Å². The predicted octanol–water partition coefficient (Wildman–Crippen LogP) is -0.0814. The number of β-amino-alcohol motifs (C(OH)–C–C–N with tert-alkyl or cyclic N) is 1. The van der Waals surface area contributed by atoms with Crippen LogP contribution in [0.25, 0.3) is 32.3 Å². The fourth-order valence-corrected chi connectivity index (χ4v) is 12.0. The van der Waals surface area contributed by atoms with Crippen molar-refractivity contribution in [1.82, 2.24) is 46.6 Å². The third kappa shape index (κ3) is 19.8. The second-order valence-electron chi connectivity index (χ2n) is 23.4. The minimum atomic E-state index is -2.04. The van der Waals surface area contributed by atoms with Gasteiger partial charge in [-0.1, -0.05) is 72.9 Å². The number of nitrogens with one attached hydrogen (secondary N) is 5. The van der Waals surface area contributed by atoms with Gasteiger partial charge in [0.1, 0.15) is 52.0 Å². The normalized spacial score (nSPS) is 24.0. The molecule has 0 spiro atoms. The number of aliphatic hydroxyl groups is 6. The number of carbonyl (C=O) groups excluding carboxylic acids is 7. The number of hydrogen-bond donors (Lipinski definition) is 14. The lowest BCUT2D eigenvalue weighted by Gasteiger charge is -2.34. The number of carbonyl (C=O) groups is 7. The van der Waals surface area contributed by atoms with Gasteiger partial charge in [-0.3, -0.25) is 33.6 Å². The molecule has 95 heavy (non-hydrogen) atoms. The molecule has 0 aliphatic carbocycles. The summed E-state index contributed by atoms with van der Waals surface area (Å²) in [6.07, 6.45) is -10.7. The number of rotatable bonds is 22. The first-order chi connectivity index (χ1) is 44.6. The summed E-state index contributed by atoms with van der Waals surface area (Å²) in [5, 5.41) is 102. The van der Waals surface area contributed by atoms with Crippen LogP contribution in [-0.4, -0.2) is 229 Å². The van der Waals surface area contributed by atoms with Crippen LogP contribution in [-0.2, 0) is 39.9 Å². The average molecular weight is 1380 g/mol. The molecular weight excluding hydrogens is 1300 g/mol. The van der Waals surface area contributed by atoms with Gasteiger partial charge in [0.25, 0.3) is 5.91 Å². The number of aliphatic hydroxyl groups excluding tert-OH is 6. The van der Waals surface area contributed by atoms with Gasteiger partial charge in [-0.05, 0) is 92.9 Å². The smallest absolute Gasteiger partial charge is 0.251 e. The van der Waals surface area contributed by atoms with Crippen molar-refractivity contribution in [3.63, 3.8) is 0 Å². The number of fused-ring (bicyclic) bond motifs is 2. The molecule has 3 aliphatic heterocycles. The van der Waals surface area contributed by atoms with Gasteiger partial charge in [0.05, 0.1) is 49.8 Å². The van der Waals surface area contributed by atoms with Crippen LogP contribution in [0.3, 0.4) is 0 Å². The first-order valence-corrected chi connectivity index (χ1v) is 31.8. The molecule has 4 aromatic carbocycles. The van der Waals surface area contributed by atoms with E-state index in [-0.39, 0.29) is 80.1 Å². The SMILES string of the molecule is CCOCCCOc1ccc(-c2ccc(-c3nnc(-c4ccc(C(=O)N[C@H]5C[C@@H](O)CNC(=O)[C@@H]6[C@@H](O)[C@@H](C)CN6C(=O)[C@H]([C@H](O)CCN)NC(=O)[C@H]([C@H](O)Cc6ccc(O)c(OCCCN)c6)NC(=O)[C@@H]6C[C@@H](O)CN6C(=O)[C@H]([C@@H](C)O)NC5=O)cc4)s3)cc2)cc1.Cl.Cl. The summed E-state index contributed by atoms with van der Waals surface area (Å²) in [6, 6.07) is 14.8. The number of halogens is 2. The Morgan fingerprint density at radius 2 is 1.28 bits per heavy atom. The van der Waals surface area contributed by atoms with Crippen molar-refractivity contribution >= 4 is 77.5 Å². The Bertz CT molecular complexity index is 3380. The topological polar surface area (TPSA) is 433 Å². The van der Waals surface area contributed by atoms with Crippen LogP contribution in [0.5, 0.6) is 17.2 Å². The average Bonchev–Trinajstić information content (AvgIpc) is 1.69. The van der Waals surface area contributed by atoms with E-state index < -0.39 is 152 Å². The highest BCUT2D eigenvalue weighted by Gasteiger charge is 2.50. The van der Waals surface area contributed by atoms with E-state index in [2.05, 4.69) is 36.8 Å². The van der Waals surface area contributed by atoms with Gasteiger partial charge in [-0.25, -0.2) is 0 Å². The van der Waals surface area contributed by atoms with E-state index in [1.165, 1.54) is 48.6 Å². The van der Waals surface area contributed by atoms with Crippen molar-refractivity contribution in [2.24, 2.45) is 17.4 Å². The fourth-order valence-electron chi connectivity index (χ4n) is 11.2. The monoisotopic (exact) mass is 1380 g/mol. The maximum absolute atomic E-state index is 14.7. The summed E-state index contributed by atoms with van der Waals surface area (Å²) < 4.78 is 16.9. The largest absolute Gasteiger partial charge is 0.504 e. The zero-order valence-corrected chi connectivity index (χ0v) is 55.1. The van der Waals surface area contributed by atoms with E-state index in [0.29, 0.717) is 41.8 Å². The van der Waals surface area contributed by atoms with E-state index in [0.717, 1.165) is 45.6 Å². The maximum Gasteiger partial charge on any atom is 0.251 e. The number of ether oxygens (including phenoxy) is 3. The van der Waals surface area contributed by atoms with Gasteiger partial charge in [-0.2, -0.15) is 0 Å². The number of hydrogen-bond acceptors (Lipinski definition) is 22. The summed E-state index contributed by atoms with van der Waals surface area (Å²) in [7, 11) is 0. The number of amides is 7. The van der Waals surface area contributed by atoms with Crippen LogP contribution >= 0.6 is 36.2 Å². The summed E-state index contributed by atoms with van der Waals surface area (Å²) in [6.45, 7) is 5.17. The Balaban J connectivity index is 0.00000714. The quantitative estimate of drug-likeness (QED) is 0.0403. The minimum Gasteiger partial charge on any atom is -0.504 e. The Morgan fingerprint density at radius 3 is 1.92 bits per heavy atom. The Morgan fingerprint density at radius 1 is 0.684 bits per heavy atom. The molecule has 5 aromatic rings. The van der Waals surface area contributed by atoms with Crippen molar-refractivity contribution < 1.29 is 83.5 Å². The molecule has 0 unspecified atom stereocenters. The highest BCUT2D eigenvalue weighted by molar-refractivity contribution is 7.17. The van der Waals surface area contributed by atoms with Gasteiger partial charge >= 0.3 is 0 Å². The maximum atomic E-state index is 14.7. The summed E-state index contributed by atoms with van der Waals surface area (Å²) >= 11 is 1.31. The van der Waals surface area contributed by atoms with Gasteiger partial charge in [0, 0.05) is 81.1 Å². The van der Waals surface area contributed by atoms with Gasteiger partial charge in [-0.15, -0.1) is 35.0 Å². The first-order valence-electron chi connectivity index (χ1n) is 31.0. The second-order valence-corrected chi connectivity index (χ2v) is 24.3. The molecule has 518 valence electrons. The third-order valence-electron chi connectivity index (χ3n) is 16.3. The summed E-state index contributed by atoms with van der Waals surface area (Å²) in [5.74, 6) is -7.86. The first kappa shape index (κ1) is 76.4. The van der Waals surface area contributed by atoms with Crippen LogP contribution in [0.15, 0.2) is 91.0 Å². The zero-order valence-electron chi connectivity index (χ0n) is 52.7. The van der Waals surface area contributed by atoms with E-state index in [1.54, 1.807) is 12.1 Å². The van der Waals surface area contributed by atoms with Gasteiger partial charge < -0.3 is 97.8 Å². The van der Waals surface area contributed by atoms with Crippen molar-refractivity contribution in [2.45, 2.75) is 132 Å². The van der Waals surface area contributed by atoms with Crippen molar-refractivity contribution in [3.8, 4) is 49.5 Å². The molecule has 3 aliphatic rings. The molecule has 16 N–H and O–H groups in total. The lowest BCUT2D eigenvalue weighted by atomic mass is 9.98. The molecule has 13 atom stereocenters. The highest BCUT2D eigenvalue weighted by atomic mass is 35.5. The second kappa shape index (κ2) is 35.9. The van der Waals surface area contributed by atoms with Crippen LogP contribution in [0.2, 0.25) is 0 Å². The molecule has 0 radical (unpaired) electrons. The number of benzene rings is 4. The molecule has 31 heteroatoms. The summed E-state index contributed by atoms with van der Waals surface area (Å²) in [4.78, 5) is 103. The molecule has 28 nitrogen and oxygen atoms in total. The molecular formula is C64H85Cl2N11O17S. The third-order valence-corrected chi connectivity index (χ3v) is 17.3.